The highest BCUT2D eigenvalue weighted by Gasteiger charge is 2.31. The lowest BCUT2D eigenvalue weighted by atomic mass is 9.94. The van der Waals surface area contributed by atoms with Crippen LogP contribution in [0.3, 0.4) is 0 Å². The van der Waals surface area contributed by atoms with Crippen molar-refractivity contribution < 1.29 is 45.4 Å². The van der Waals surface area contributed by atoms with Crippen LogP contribution in [0.15, 0.2) is 48.5 Å². The van der Waals surface area contributed by atoms with Crippen LogP contribution in [0.4, 0.5) is 26.3 Å². The Hall–Kier alpha value is -3.54. The Morgan fingerprint density at radius 1 is 0.950 bits per heavy atom. The fourth-order valence-electron chi connectivity index (χ4n) is 4.11. The first-order chi connectivity index (χ1) is 18.7. The molecular formula is C28H27F6NO4S. The minimum absolute atomic E-state index is 0.0288. The van der Waals surface area contributed by atoms with Crippen LogP contribution in [-0.4, -0.2) is 31.7 Å². The Labute approximate surface area is 231 Å². The van der Waals surface area contributed by atoms with E-state index >= 15 is 0 Å². The average Bonchev–Trinajstić information content (AvgIpc) is 3.35. The minimum atomic E-state index is -4.46. The summed E-state index contributed by atoms with van der Waals surface area (Å²) in [5.41, 5.74) is 1.81. The van der Waals surface area contributed by atoms with Crippen LogP contribution in [0.2, 0.25) is 0 Å². The van der Waals surface area contributed by atoms with Crippen molar-refractivity contribution >= 4 is 23.2 Å². The van der Waals surface area contributed by atoms with E-state index in [0.717, 1.165) is 23.5 Å². The number of ether oxygens (including phenoxy) is 2. The summed E-state index contributed by atoms with van der Waals surface area (Å²) in [6.45, 7) is 3.51. The molecule has 0 fully saturated rings. The maximum Gasteiger partial charge on any atom is 0.416 e. The second kappa shape index (κ2) is 12.8. The third-order valence-corrected chi connectivity index (χ3v) is 7.16. The van der Waals surface area contributed by atoms with Crippen LogP contribution in [0.5, 0.6) is 5.75 Å². The van der Waals surface area contributed by atoms with Gasteiger partial charge in [-0.25, -0.2) is 0 Å². The lowest BCUT2D eigenvalue weighted by molar-refractivity contribution is -0.140. The van der Waals surface area contributed by atoms with Crippen molar-refractivity contribution in [3.63, 3.8) is 0 Å². The topological polar surface area (TPSA) is 64.6 Å². The second-order valence-electron chi connectivity index (χ2n) is 9.05. The third-order valence-electron chi connectivity index (χ3n) is 5.99. The first kappa shape index (κ1) is 31.0. The first-order valence-electron chi connectivity index (χ1n) is 12.1. The van der Waals surface area contributed by atoms with Gasteiger partial charge in [0.25, 0.3) is 5.91 Å². The maximum atomic E-state index is 13.1. The minimum Gasteiger partial charge on any atom is -0.485 e. The number of nitrogens with one attached hydrogen (secondary N) is 1. The van der Waals surface area contributed by atoms with E-state index in [9.17, 15) is 35.9 Å². The molecule has 1 heterocycles. The van der Waals surface area contributed by atoms with Gasteiger partial charge in [-0.15, -0.1) is 11.3 Å². The monoisotopic (exact) mass is 587 g/mol. The maximum absolute atomic E-state index is 13.1. The van der Waals surface area contributed by atoms with Gasteiger partial charge in [0, 0.05) is 17.8 Å². The van der Waals surface area contributed by atoms with Crippen molar-refractivity contribution in [2.24, 2.45) is 0 Å². The fourth-order valence-corrected chi connectivity index (χ4v) is 5.09. The first-order valence-corrected chi connectivity index (χ1v) is 13.0. The number of thiophene rings is 1. The lowest BCUT2D eigenvalue weighted by Crippen LogP contribution is -2.25. The Bertz CT molecular complexity index is 1310. The molecule has 1 N–H and O–H groups in total. The smallest absolute Gasteiger partial charge is 0.416 e. The number of halogens is 6. The summed E-state index contributed by atoms with van der Waals surface area (Å²) in [6, 6.07) is 11.0. The van der Waals surface area contributed by atoms with E-state index in [2.05, 4.69) is 10.1 Å². The van der Waals surface area contributed by atoms with Crippen LogP contribution < -0.4 is 10.1 Å². The Balaban J connectivity index is 1.82. The number of carbonyl (C=O) groups excluding carboxylic acids is 2. The van der Waals surface area contributed by atoms with E-state index in [-0.39, 0.29) is 23.6 Å². The van der Waals surface area contributed by atoms with Gasteiger partial charge in [0.1, 0.15) is 11.9 Å². The molecule has 3 aromatic rings. The van der Waals surface area contributed by atoms with E-state index in [1.54, 1.807) is 26.0 Å². The highest BCUT2D eigenvalue weighted by Crippen LogP contribution is 2.38. The molecule has 1 amide bonds. The Morgan fingerprint density at radius 2 is 1.57 bits per heavy atom. The van der Waals surface area contributed by atoms with Crippen LogP contribution in [0, 0.1) is 13.8 Å². The number of esters is 1. The molecule has 1 aromatic heterocycles. The standard InChI is InChI=1S/C28H27F6NO4S/c1-16-14-20(15-17(2)25(16)18-4-6-19(7-5-18)28(32,33)34)39-21(10-12-27(29,30)31)22-8-9-23(40-22)26(37)35-13-11-24(36)38-3/h4-9,14-15,21H,10-13H2,1-3H3,(H,35,37). The molecule has 0 saturated carbocycles. The molecule has 3 rings (SSSR count). The molecule has 0 aliphatic rings. The predicted octanol–water partition coefficient (Wildman–Crippen LogP) is 7.81. The molecule has 12 heteroatoms. The Kier molecular flexibility index (Phi) is 9.88. The average molecular weight is 588 g/mol. The van der Waals surface area contributed by atoms with Crippen LogP contribution >= 0.6 is 11.3 Å². The SMILES string of the molecule is COC(=O)CCNC(=O)c1ccc(C(CCC(F)(F)F)Oc2cc(C)c(-c3ccc(C(F)(F)F)cc3)c(C)c2)s1. The number of hydrogen-bond donors (Lipinski definition) is 1. The summed E-state index contributed by atoms with van der Waals surface area (Å²) >= 11 is 0.983. The molecular weight excluding hydrogens is 560 g/mol. The zero-order valence-electron chi connectivity index (χ0n) is 21.8. The molecule has 0 aliphatic carbocycles. The van der Waals surface area contributed by atoms with E-state index in [0.29, 0.717) is 27.1 Å². The molecule has 216 valence electrons. The van der Waals surface area contributed by atoms with Gasteiger partial charge >= 0.3 is 18.3 Å². The van der Waals surface area contributed by atoms with Crippen molar-refractivity contribution in [1.29, 1.82) is 0 Å². The molecule has 2 aromatic carbocycles. The summed E-state index contributed by atoms with van der Waals surface area (Å²) < 4.78 is 88.6. The number of benzene rings is 2. The molecule has 0 spiro atoms. The van der Waals surface area contributed by atoms with Gasteiger partial charge in [-0.3, -0.25) is 9.59 Å². The molecule has 5 nitrogen and oxygen atoms in total. The quantitative estimate of drug-likeness (QED) is 0.194. The largest absolute Gasteiger partial charge is 0.485 e. The van der Waals surface area contributed by atoms with Gasteiger partial charge in [-0.05, 0) is 78.9 Å². The summed E-state index contributed by atoms with van der Waals surface area (Å²) in [4.78, 5) is 24.3. The van der Waals surface area contributed by atoms with Gasteiger partial charge in [0.05, 0.1) is 24.0 Å². The van der Waals surface area contributed by atoms with Crippen molar-refractivity contribution in [3.8, 4) is 16.9 Å². The molecule has 1 atom stereocenters. The highest BCUT2D eigenvalue weighted by molar-refractivity contribution is 7.14. The molecule has 1 unspecified atom stereocenters. The van der Waals surface area contributed by atoms with Gasteiger partial charge in [-0.1, -0.05) is 12.1 Å². The van der Waals surface area contributed by atoms with Gasteiger partial charge < -0.3 is 14.8 Å². The Morgan fingerprint density at radius 3 is 2.12 bits per heavy atom. The van der Waals surface area contributed by atoms with E-state index in [4.69, 9.17) is 4.74 Å². The van der Waals surface area contributed by atoms with E-state index < -0.39 is 48.7 Å². The molecule has 0 aliphatic heterocycles. The summed E-state index contributed by atoms with van der Waals surface area (Å²) in [7, 11) is 1.22. The van der Waals surface area contributed by atoms with Crippen LogP contribution in [0.1, 0.15) is 56.6 Å². The third kappa shape index (κ3) is 8.48. The van der Waals surface area contributed by atoms with E-state index in [1.807, 2.05) is 0 Å². The summed E-state index contributed by atoms with van der Waals surface area (Å²) in [5, 5.41) is 2.56. The van der Waals surface area contributed by atoms with Crippen molar-refractivity contribution in [1.82, 2.24) is 5.32 Å². The van der Waals surface area contributed by atoms with Gasteiger partial charge in [0.2, 0.25) is 0 Å². The number of aryl methyl sites for hydroxylation is 2. The number of hydrogen-bond acceptors (Lipinski definition) is 5. The number of amides is 1. The number of rotatable bonds is 10. The predicted molar refractivity (Wildman–Crippen MR) is 138 cm³/mol. The normalized spacial score (nSPS) is 12.6. The molecule has 0 bridgehead atoms. The van der Waals surface area contributed by atoms with Crippen molar-refractivity contribution in [2.45, 2.75) is 51.6 Å². The zero-order chi connectivity index (χ0) is 29.7. The van der Waals surface area contributed by atoms with E-state index in [1.165, 1.54) is 31.4 Å². The highest BCUT2D eigenvalue weighted by atomic mass is 32.1. The number of methoxy groups -OCH3 is 1. The van der Waals surface area contributed by atoms with Gasteiger partial charge in [0.15, 0.2) is 0 Å². The number of carbonyl (C=O) groups is 2. The number of alkyl halides is 6. The van der Waals surface area contributed by atoms with Crippen molar-refractivity contribution in [3.05, 3.63) is 75.0 Å². The zero-order valence-corrected chi connectivity index (χ0v) is 22.7. The summed E-state index contributed by atoms with van der Waals surface area (Å²) in [6.07, 6.45) is -11.4. The molecule has 0 saturated heterocycles. The molecule has 0 radical (unpaired) electrons. The van der Waals surface area contributed by atoms with Crippen molar-refractivity contribution in [2.75, 3.05) is 13.7 Å². The van der Waals surface area contributed by atoms with Crippen LogP contribution in [-0.2, 0) is 15.7 Å². The fraction of sp³-hybridized carbons (Fsp3) is 0.357. The summed E-state index contributed by atoms with van der Waals surface area (Å²) in [5.74, 6) is -0.694. The van der Waals surface area contributed by atoms with Crippen LogP contribution in [0.25, 0.3) is 11.1 Å². The second-order valence-corrected chi connectivity index (χ2v) is 10.2. The van der Waals surface area contributed by atoms with Gasteiger partial charge in [-0.2, -0.15) is 26.3 Å². The molecule has 40 heavy (non-hydrogen) atoms. The lowest BCUT2D eigenvalue weighted by Gasteiger charge is -2.21.